The number of nitrogens with two attached hydrogens (primary N) is 1. The van der Waals surface area contributed by atoms with E-state index in [0.29, 0.717) is 71.9 Å². The molecule has 0 radical (unpaired) electrons. The van der Waals surface area contributed by atoms with Gasteiger partial charge in [0.1, 0.15) is 46.1 Å². The number of hydrogen-bond donors (Lipinski definition) is 4. The molecule has 0 aliphatic carbocycles. The van der Waals surface area contributed by atoms with Gasteiger partial charge in [-0.25, -0.2) is 19.6 Å². The van der Waals surface area contributed by atoms with Gasteiger partial charge in [0.25, 0.3) is 11.8 Å². The van der Waals surface area contributed by atoms with E-state index in [2.05, 4.69) is 37.7 Å². The number of carbonyl (C=O) groups excluding carboxylic acids is 4. The van der Waals surface area contributed by atoms with Crippen LogP contribution in [0.3, 0.4) is 0 Å². The highest BCUT2D eigenvalue weighted by Gasteiger charge is 2.30. The number of methoxy groups -OCH3 is 1. The maximum absolute atomic E-state index is 13.9. The van der Waals surface area contributed by atoms with Gasteiger partial charge in [-0.1, -0.05) is 24.0 Å². The number of rotatable bonds is 16. The van der Waals surface area contributed by atoms with E-state index in [0.717, 1.165) is 6.42 Å². The minimum Gasteiger partial charge on any atom is -0.494 e. The number of fused-ring (bicyclic) bond motifs is 2. The molecule has 1 unspecified atom stereocenters. The van der Waals surface area contributed by atoms with Crippen molar-refractivity contribution in [3.05, 3.63) is 82.5 Å². The molecule has 1 aliphatic rings. The number of aromatic nitrogens is 8. The van der Waals surface area contributed by atoms with Crippen LogP contribution in [0.25, 0.3) is 22.1 Å². The van der Waals surface area contributed by atoms with Gasteiger partial charge in [0.05, 0.1) is 35.1 Å². The first kappa shape index (κ1) is 48.8. The molecule has 7 rings (SSSR count). The molecular weight excluding hydrogens is 889 g/mol. The Morgan fingerprint density at radius 3 is 1.86 bits per heavy atom. The van der Waals surface area contributed by atoms with Crippen LogP contribution in [0.4, 0.5) is 16.7 Å². The zero-order chi connectivity index (χ0) is 49.7. The number of nitrogens with one attached hydrogen (secondary N) is 2. The van der Waals surface area contributed by atoms with E-state index in [1.54, 1.807) is 61.5 Å². The lowest BCUT2D eigenvalue weighted by Crippen LogP contribution is -2.35. The molecule has 4 aromatic heterocycles. The third-order valence-electron chi connectivity index (χ3n) is 11.2. The summed E-state index contributed by atoms with van der Waals surface area (Å²) in [6.07, 6.45) is 4.56. The molecule has 362 valence electrons. The highest BCUT2D eigenvalue weighted by atomic mass is 16.6. The van der Waals surface area contributed by atoms with Gasteiger partial charge in [-0.15, -0.1) is 0 Å². The summed E-state index contributed by atoms with van der Waals surface area (Å²) in [5.74, 6) is 4.22. The minimum absolute atomic E-state index is 0.0558. The van der Waals surface area contributed by atoms with E-state index in [-0.39, 0.29) is 71.7 Å². The Balaban J connectivity index is 1.21. The minimum atomic E-state index is -1.18. The first-order chi connectivity index (χ1) is 32.9. The smallest absolute Gasteiger partial charge is 0.410 e. The van der Waals surface area contributed by atoms with Gasteiger partial charge in [0, 0.05) is 51.3 Å². The van der Waals surface area contributed by atoms with Crippen molar-refractivity contribution in [1.82, 2.24) is 43.6 Å². The monoisotopic (exact) mass is 944 g/mol. The molecule has 1 atom stereocenters. The number of carboxylic acid groups (broad SMARTS) is 1. The lowest BCUT2D eigenvalue weighted by molar-refractivity contribution is 0.0288. The summed E-state index contributed by atoms with van der Waals surface area (Å²) in [4.78, 5) is 76.0. The predicted molar refractivity (Wildman–Crippen MR) is 256 cm³/mol. The number of imidazole rings is 2. The zero-order valence-corrected chi connectivity index (χ0v) is 39.9. The molecule has 2 aromatic carbocycles. The second kappa shape index (κ2) is 20.4. The standard InChI is InChI=1S/C48H56N12O9/c1-9-59-35(21-28(3)54-59)42(62)52-45-51-34-24-32(44(64)65)26-37(67-8)39(34)57(45)17-12-13-18-58-40-33(50-46(58)53-43(63)36-22-29(4)55-60(36)10-2)23-31(41(49)61)25-38(40)68-20-14-11-15-30-16-19-56(27-30)47(66)69-48(5,6)7/h12-13,21-26,30H,9-10,15-20,27H2,1-8H3,(H2,49,61)(H,64,65)(H,50,53,63)(H,51,52,62)/b13-12+. The average molecular weight is 945 g/mol. The van der Waals surface area contributed by atoms with Gasteiger partial charge in [-0.3, -0.25) is 34.4 Å². The summed E-state index contributed by atoms with van der Waals surface area (Å²) in [6.45, 7) is 14.9. The summed E-state index contributed by atoms with van der Waals surface area (Å²) in [7, 11) is 1.41. The molecule has 0 saturated carbocycles. The second-order valence-electron chi connectivity index (χ2n) is 17.4. The number of amides is 4. The Morgan fingerprint density at radius 1 is 0.812 bits per heavy atom. The van der Waals surface area contributed by atoms with Crippen molar-refractivity contribution in [2.75, 3.05) is 37.4 Å². The third-order valence-corrected chi connectivity index (χ3v) is 11.2. The van der Waals surface area contributed by atoms with Crippen LogP contribution in [0.1, 0.15) is 101 Å². The molecule has 1 aliphatic heterocycles. The molecular formula is C48H56N12O9. The summed E-state index contributed by atoms with van der Waals surface area (Å²) in [6, 6.07) is 9.12. The number of aromatic carboxylic acids is 1. The Kier molecular flexibility index (Phi) is 14.4. The zero-order valence-electron chi connectivity index (χ0n) is 39.9. The van der Waals surface area contributed by atoms with Crippen molar-refractivity contribution >= 4 is 63.7 Å². The van der Waals surface area contributed by atoms with Crippen LogP contribution >= 0.6 is 0 Å². The number of anilines is 2. The third kappa shape index (κ3) is 11.0. The van der Waals surface area contributed by atoms with Crippen molar-refractivity contribution in [3.63, 3.8) is 0 Å². The number of ether oxygens (including phenoxy) is 3. The molecule has 5 heterocycles. The fourth-order valence-electron chi connectivity index (χ4n) is 8.04. The number of carbonyl (C=O) groups is 5. The van der Waals surface area contributed by atoms with Crippen LogP contribution in [0.2, 0.25) is 0 Å². The van der Waals surface area contributed by atoms with E-state index in [9.17, 15) is 29.1 Å². The van der Waals surface area contributed by atoms with E-state index >= 15 is 0 Å². The van der Waals surface area contributed by atoms with Crippen LogP contribution in [0.15, 0.2) is 48.6 Å². The maximum Gasteiger partial charge on any atom is 0.410 e. The maximum atomic E-state index is 13.9. The number of primary amides is 1. The summed E-state index contributed by atoms with van der Waals surface area (Å²) in [5.41, 5.74) is 8.60. The Bertz CT molecular complexity index is 3070. The van der Waals surface area contributed by atoms with Crippen molar-refractivity contribution in [2.45, 2.75) is 93.1 Å². The molecule has 21 heteroatoms. The van der Waals surface area contributed by atoms with Crippen molar-refractivity contribution in [3.8, 4) is 23.3 Å². The number of hydrogen-bond acceptors (Lipinski definition) is 12. The van der Waals surface area contributed by atoms with E-state index < -0.39 is 29.3 Å². The van der Waals surface area contributed by atoms with Gasteiger partial charge >= 0.3 is 12.1 Å². The molecule has 0 bridgehead atoms. The van der Waals surface area contributed by atoms with Crippen molar-refractivity contribution < 1.29 is 43.3 Å². The number of carboxylic acids is 1. The fraction of sp³-hybridized carbons (Fsp3) is 0.396. The Hall–Kier alpha value is -8.15. The molecule has 1 saturated heterocycles. The quantitative estimate of drug-likeness (QED) is 0.0639. The van der Waals surface area contributed by atoms with Crippen molar-refractivity contribution in [2.24, 2.45) is 11.7 Å². The van der Waals surface area contributed by atoms with Gasteiger partial charge in [0.2, 0.25) is 17.8 Å². The molecule has 69 heavy (non-hydrogen) atoms. The van der Waals surface area contributed by atoms with Crippen LogP contribution in [-0.2, 0) is 30.9 Å². The highest BCUT2D eigenvalue weighted by Crippen LogP contribution is 2.33. The largest absolute Gasteiger partial charge is 0.494 e. The first-order valence-electron chi connectivity index (χ1n) is 22.5. The second-order valence-corrected chi connectivity index (χ2v) is 17.4. The molecule has 21 nitrogen and oxygen atoms in total. The summed E-state index contributed by atoms with van der Waals surface area (Å²) >= 11 is 0. The molecule has 1 fully saturated rings. The lowest BCUT2D eigenvalue weighted by Gasteiger charge is -2.24. The van der Waals surface area contributed by atoms with E-state index in [1.165, 1.54) is 31.4 Å². The lowest BCUT2D eigenvalue weighted by atomic mass is 10.1. The van der Waals surface area contributed by atoms with Gasteiger partial charge in [-0.05, 0) is 97.2 Å². The SMILES string of the molecule is CCn1nc(C)cc1C(=O)Nc1nc2cc(C(=O)O)cc(OC)c2n1C/C=C/Cn1c(NC(=O)c2cc(C)nn2CC)nc2cc(C(N)=O)cc(OCC#CCC3CCN(C(=O)OC(C)(C)C)C3)c21. The molecule has 4 amide bonds. The van der Waals surface area contributed by atoms with Crippen molar-refractivity contribution in [1.29, 1.82) is 0 Å². The molecule has 5 N–H and O–H groups in total. The van der Waals surface area contributed by atoms with Crippen LogP contribution in [-0.4, -0.2) is 111 Å². The van der Waals surface area contributed by atoms with Gasteiger partial charge in [-0.2, -0.15) is 10.2 Å². The number of allylic oxidation sites excluding steroid dienone is 2. The molecule has 0 spiro atoms. The van der Waals surface area contributed by atoms with Crippen LogP contribution in [0.5, 0.6) is 11.5 Å². The Morgan fingerprint density at radius 2 is 1.35 bits per heavy atom. The predicted octanol–water partition coefficient (Wildman–Crippen LogP) is 6.03. The van der Waals surface area contributed by atoms with Crippen LogP contribution < -0.4 is 25.8 Å². The number of benzene rings is 2. The number of likely N-dealkylation sites (tertiary alicyclic amines) is 1. The molecule has 6 aromatic rings. The van der Waals surface area contributed by atoms with E-state index in [1.807, 2.05) is 34.6 Å². The normalized spacial score (nSPS) is 13.7. The number of nitrogens with zero attached hydrogens (tertiary/aromatic N) is 9. The topological polar surface area (TPSA) is 258 Å². The van der Waals surface area contributed by atoms with Gasteiger partial charge in [0.15, 0.2) is 0 Å². The average Bonchev–Trinajstić information content (AvgIpc) is 4.14. The summed E-state index contributed by atoms with van der Waals surface area (Å²) < 4.78 is 24.0. The van der Waals surface area contributed by atoms with Gasteiger partial charge < -0.3 is 39.1 Å². The Labute approximate surface area is 397 Å². The van der Waals surface area contributed by atoms with E-state index in [4.69, 9.17) is 24.9 Å². The summed E-state index contributed by atoms with van der Waals surface area (Å²) in [5, 5.41) is 24.5. The number of aryl methyl sites for hydroxylation is 4. The first-order valence-corrected chi connectivity index (χ1v) is 22.5. The fourth-order valence-corrected chi connectivity index (χ4v) is 8.04. The highest BCUT2D eigenvalue weighted by molar-refractivity contribution is 6.05. The van der Waals surface area contributed by atoms with Crippen LogP contribution in [0, 0.1) is 31.6 Å².